The average Bonchev–Trinajstić information content (AvgIpc) is 3.17. The molecule has 3 aromatic rings. The summed E-state index contributed by atoms with van der Waals surface area (Å²) in [5.41, 5.74) is 2.21. The van der Waals surface area contributed by atoms with Crippen LogP contribution in [0, 0.1) is 6.92 Å². The second kappa shape index (κ2) is 11.2. The van der Waals surface area contributed by atoms with Crippen LogP contribution in [-0.2, 0) is 11.8 Å². The first-order chi connectivity index (χ1) is 18.1. The number of hydrogen-bond acceptors (Lipinski definition) is 7. The molecule has 3 heterocycles. The third kappa shape index (κ3) is 5.33. The minimum absolute atomic E-state index is 0.136. The summed E-state index contributed by atoms with van der Waals surface area (Å²) in [5.74, 6) is -0.192. The van der Waals surface area contributed by atoms with Gasteiger partial charge < -0.3 is 24.6 Å². The Hall–Kier alpha value is -3.99. The number of rotatable bonds is 7. The highest BCUT2D eigenvalue weighted by Gasteiger charge is 2.30. The fraction of sp³-hybridized carbons (Fsp3) is 0.444. The van der Waals surface area contributed by atoms with E-state index in [1.54, 1.807) is 54.8 Å². The SMILES string of the molecule is Cc1nc2c(nc1N(C)C(=O)c1ccccc1)c(OC(C)C)c(C(=O)NC1CCN(C(=O)CO)CC1)n2C. The van der Waals surface area contributed by atoms with Crippen molar-refractivity contribution in [3.05, 3.63) is 47.3 Å². The Balaban J connectivity index is 1.67. The number of ether oxygens (including phenoxy) is 1. The second-order valence-electron chi connectivity index (χ2n) is 9.73. The van der Waals surface area contributed by atoms with E-state index in [4.69, 9.17) is 19.8 Å². The number of aromatic nitrogens is 3. The maximum Gasteiger partial charge on any atom is 0.272 e. The zero-order valence-electron chi connectivity index (χ0n) is 22.4. The van der Waals surface area contributed by atoms with E-state index in [-0.39, 0.29) is 35.6 Å². The van der Waals surface area contributed by atoms with Crippen molar-refractivity contribution in [1.29, 1.82) is 0 Å². The predicted octanol–water partition coefficient (Wildman–Crippen LogP) is 2.05. The summed E-state index contributed by atoms with van der Waals surface area (Å²) >= 11 is 0. The molecule has 2 N–H and O–H groups in total. The molecule has 11 nitrogen and oxygen atoms in total. The van der Waals surface area contributed by atoms with Gasteiger partial charge in [-0.05, 0) is 45.7 Å². The van der Waals surface area contributed by atoms with E-state index < -0.39 is 6.61 Å². The number of carbonyl (C=O) groups excluding carboxylic acids is 3. The molecule has 3 amide bonds. The van der Waals surface area contributed by atoms with Crippen molar-refractivity contribution in [2.75, 3.05) is 31.6 Å². The second-order valence-corrected chi connectivity index (χ2v) is 9.73. The number of likely N-dealkylation sites (tertiary alicyclic amines) is 1. The Kier molecular flexibility index (Phi) is 7.96. The Bertz CT molecular complexity index is 1350. The Morgan fingerprint density at radius 1 is 1.16 bits per heavy atom. The van der Waals surface area contributed by atoms with Gasteiger partial charge in [0.25, 0.3) is 11.8 Å². The van der Waals surface area contributed by atoms with Crippen LogP contribution >= 0.6 is 0 Å². The Morgan fingerprint density at radius 2 is 1.82 bits per heavy atom. The van der Waals surface area contributed by atoms with Crippen LogP contribution in [0.25, 0.3) is 11.2 Å². The van der Waals surface area contributed by atoms with E-state index in [1.807, 2.05) is 19.9 Å². The van der Waals surface area contributed by atoms with Gasteiger partial charge in [0.1, 0.15) is 6.61 Å². The van der Waals surface area contributed by atoms with Gasteiger partial charge in [0, 0.05) is 38.8 Å². The number of carbonyl (C=O) groups is 3. The maximum atomic E-state index is 13.5. The third-order valence-corrected chi connectivity index (χ3v) is 6.64. The first-order valence-corrected chi connectivity index (χ1v) is 12.7. The molecular weight excluding hydrogens is 488 g/mol. The van der Waals surface area contributed by atoms with Gasteiger partial charge >= 0.3 is 0 Å². The summed E-state index contributed by atoms with van der Waals surface area (Å²) in [4.78, 5) is 50.9. The van der Waals surface area contributed by atoms with Gasteiger partial charge in [-0.2, -0.15) is 0 Å². The van der Waals surface area contributed by atoms with Crippen LogP contribution in [-0.4, -0.2) is 81.2 Å². The van der Waals surface area contributed by atoms with E-state index >= 15 is 0 Å². The molecule has 38 heavy (non-hydrogen) atoms. The molecule has 11 heteroatoms. The lowest BCUT2D eigenvalue weighted by Crippen LogP contribution is -2.47. The predicted molar refractivity (Wildman–Crippen MR) is 142 cm³/mol. The van der Waals surface area contributed by atoms with Crippen molar-refractivity contribution >= 4 is 34.7 Å². The fourth-order valence-corrected chi connectivity index (χ4v) is 4.67. The van der Waals surface area contributed by atoms with Crippen LogP contribution in [0.4, 0.5) is 5.82 Å². The molecule has 1 aromatic carbocycles. The number of aliphatic hydroxyl groups is 1. The number of benzene rings is 1. The summed E-state index contributed by atoms with van der Waals surface area (Å²) in [6.07, 6.45) is 0.914. The number of piperidine rings is 1. The van der Waals surface area contributed by atoms with Gasteiger partial charge in [0.15, 0.2) is 28.4 Å². The van der Waals surface area contributed by atoms with Crippen molar-refractivity contribution in [2.24, 2.45) is 7.05 Å². The number of aliphatic hydroxyl groups excluding tert-OH is 1. The zero-order valence-corrected chi connectivity index (χ0v) is 22.4. The topological polar surface area (TPSA) is 130 Å². The minimum Gasteiger partial charge on any atom is -0.486 e. The molecule has 0 bridgehead atoms. The van der Waals surface area contributed by atoms with Gasteiger partial charge in [0.2, 0.25) is 5.91 Å². The van der Waals surface area contributed by atoms with Gasteiger partial charge in [-0.25, -0.2) is 9.97 Å². The van der Waals surface area contributed by atoms with E-state index in [1.165, 1.54) is 4.90 Å². The summed E-state index contributed by atoms with van der Waals surface area (Å²) in [6.45, 7) is 5.90. The van der Waals surface area contributed by atoms with Crippen molar-refractivity contribution in [1.82, 2.24) is 24.8 Å². The van der Waals surface area contributed by atoms with E-state index in [2.05, 4.69) is 5.32 Å². The summed E-state index contributed by atoms with van der Waals surface area (Å²) < 4.78 is 7.77. The normalized spacial score (nSPS) is 14.1. The van der Waals surface area contributed by atoms with Gasteiger partial charge in [-0.15, -0.1) is 0 Å². The summed E-state index contributed by atoms with van der Waals surface area (Å²) in [6, 6.07) is 8.79. The zero-order chi connectivity index (χ0) is 27.6. The molecule has 1 aliphatic rings. The molecule has 0 unspecified atom stereocenters. The van der Waals surface area contributed by atoms with Crippen LogP contribution < -0.4 is 15.0 Å². The van der Waals surface area contributed by atoms with Crippen molar-refractivity contribution in [3.63, 3.8) is 0 Å². The first-order valence-electron chi connectivity index (χ1n) is 12.7. The van der Waals surface area contributed by atoms with E-state index in [9.17, 15) is 14.4 Å². The molecule has 0 spiro atoms. The maximum absolute atomic E-state index is 13.5. The monoisotopic (exact) mass is 522 g/mol. The van der Waals surface area contributed by atoms with Crippen LogP contribution in [0.3, 0.4) is 0 Å². The van der Waals surface area contributed by atoms with Gasteiger partial charge in [-0.3, -0.25) is 19.3 Å². The molecular formula is C27H34N6O5. The summed E-state index contributed by atoms with van der Waals surface area (Å²) in [5, 5.41) is 12.2. The van der Waals surface area contributed by atoms with Crippen LogP contribution in [0.2, 0.25) is 0 Å². The number of hydrogen-bond donors (Lipinski definition) is 2. The lowest BCUT2D eigenvalue weighted by atomic mass is 10.0. The molecule has 2 aromatic heterocycles. The van der Waals surface area contributed by atoms with E-state index in [0.717, 1.165) is 0 Å². The molecule has 1 fully saturated rings. The van der Waals surface area contributed by atoms with Crippen molar-refractivity contribution in [2.45, 2.75) is 45.8 Å². The quantitative estimate of drug-likeness (QED) is 0.486. The lowest BCUT2D eigenvalue weighted by Gasteiger charge is -2.32. The first kappa shape index (κ1) is 27.1. The lowest BCUT2D eigenvalue weighted by molar-refractivity contribution is -0.135. The molecule has 0 atom stereocenters. The number of fused-ring (bicyclic) bond motifs is 1. The van der Waals surface area contributed by atoms with Crippen LogP contribution in [0.15, 0.2) is 30.3 Å². The Labute approximate surface area is 221 Å². The van der Waals surface area contributed by atoms with Crippen molar-refractivity contribution < 1.29 is 24.2 Å². The number of anilines is 1. The smallest absolute Gasteiger partial charge is 0.272 e. The average molecular weight is 523 g/mol. The van der Waals surface area contributed by atoms with E-state index in [0.29, 0.717) is 59.9 Å². The molecule has 1 saturated heterocycles. The molecule has 202 valence electrons. The van der Waals surface area contributed by atoms with Crippen molar-refractivity contribution in [3.8, 4) is 5.75 Å². The third-order valence-electron chi connectivity index (χ3n) is 6.64. The molecule has 0 saturated carbocycles. The number of nitrogens with one attached hydrogen (secondary N) is 1. The highest BCUT2D eigenvalue weighted by Crippen LogP contribution is 2.34. The number of aryl methyl sites for hydroxylation is 2. The fourth-order valence-electron chi connectivity index (χ4n) is 4.67. The highest BCUT2D eigenvalue weighted by atomic mass is 16.5. The highest BCUT2D eigenvalue weighted by molar-refractivity contribution is 6.06. The van der Waals surface area contributed by atoms with Crippen LogP contribution in [0.5, 0.6) is 5.75 Å². The number of nitrogens with zero attached hydrogens (tertiary/aromatic N) is 5. The standard InChI is InChI=1S/C27H34N6O5/c1-16(2)38-23-21-25(28-17(3)24(30-21)32(5)27(37)18-9-7-6-8-10-18)31(4)22(23)26(36)29-19-11-13-33(14-12-19)20(35)15-34/h6-10,16,19,34H,11-15H2,1-5H3,(H,29,36). The molecule has 0 radical (unpaired) electrons. The molecule has 4 rings (SSSR count). The largest absolute Gasteiger partial charge is 0.486 e. The molecule has 1 aliphatic heterocycles. The minimum atomic E-state index is -0.517. The Morgan fingerprint density at radius 3 is 2.42 bits per heavy atom. The van der Waals surface area contributed by atoms with Gasteiger partial charge in [-0.1, -0.05) is 18.2 Å². The molecule has 0 aliphatic carbocycles. The number of amides is 3. The van der Waals surface area contributed by atoms with Crippen LogP contribution in [0.1, 0.15) is 53.2 Å². The summed E-state index contributed by atoms with van der Waals surface area (Å²) in [7, 11) is 3.38. The van der Waals surface area contributed by atoms with Gasteiger partial charge in [0.05, 0.1) is 11.8 Å².